The van der Waals surface area contributed by atoms with Crippen molar-refractivity contribution in [3.63, 3.8) is 0 Å². The van der Waals surface area contributed by atoms with Crippen LogP contribution in [0.3, 0.4) is 0 Å². The molecular weight excluding hydrogens is 400 g/mol. The molecule has 32 heavy (non-hydrogen) atoms. The molecule has 5 heteroatoms. The lowest BCUT2D eigenvalue weighted by atomic mass is 9.87. The third-order valence-corrected chi connectivity index (χ3v) is 6.34. The van der Waals surface area contributed by atoms with Crippen molar-refractivity contribution in [3.8, 4) is 0 Å². The molecule has 3 aromatic rings. The van der Waals surface area contributed by atoms with E-state index in [-0.39, 0.29) is 30.6 Å². The summed E-state index contributed by atoms with van der Waals surface area (Å²) in [7, 11) is 3.66. The SMILES string of the molecule is CNC[C@H](c1ccc2ccccc2c1)[C@H](OCC(=O)N1CCC(OC)C1)c1ccccc1. The molecule has 0 saturated carbocycles. The number of rotatable bonds is 9. The number of ether oxygens (including phenoxy) is 2. The van der Waals surface area contributed by atoms with Crippen LogP contribution >= 0.6 is 0 Å². The smallest absolute Gasteiger partial charge is 0.248 e. The first-order valence-electron chi connectivity index (χ1n) is 11.3. The molecule has 5 nitrogen and oxygen atoms in total. The summed E-state index contributed by atoms with van der Waals surface area (Å²) in [6.07, 6.45) is 0.761. The van der Waals surface area contributed by atoms with Crippen LogP contribution < -0.4 is 5.32 Å². The topological polar surface area (TPSA) is 50.8 Å². The molecule has 0 bridgehead atoms. The van der Waals surface area contributed by atoms with E-state index in [0.29, 0.717) is 6.54 Å². The molecule has 0 spiro atoms. The van der Waals surface area contributed by atoms with Gasteiger partial charge in [-0.1, -0.05) is 72.8 Å². The Morgan fingerprint density at radius 2 is 1.78 bits per heavy atom. The first-order valence-corrected chi connectivity index (χ1v) is 11.3. The van der Waals surface area contributed by atoms with Crippen LogP contribution in [0.25, 0.3) is 10.8 Å². The summed E-state index contributed by atoms with van der Waals surface area (Å²) in [5, 5.41) is 5.75. The summed E-state index contributed by atoms with van der Waals surface area (Å²) in [4.78, 5) is 14.7. The monoisotopic (exact) mass is 432 g/mol. The van der Waals surface area contributed by atoms with E-state index in [1.165, 1.54) is 16.3 Å². The second kappa shape index (κ2) is 10.7. The first-order chi connectivity index (χ1) is 15.7. The highest BCUT2D eigenvalue weighted by atomic mass is 16.5. The molecule has 1 heterocycles. The average Bonchev–Trinajstić information content (AvgIpc) is 3.33. The van der Waals surface area contributed by atoms with Gasteiger partial charge in [0.25, 0.3) is 0 Å². The van der Waals surface area contributed by atoms with Crippen LogP contribution in [0.15, 0.2) is 72.8 Å². The highest BCUT2D eigenvalue weighted by molar-refractivity contribution is 5.83. The maximum absolute atomic E-state index is 12.9. The summed E-state index contributed by atoms with van der Waals surface area (Å²) in [5.74, 6) is 0.0808. The second-order valence-corrected chi connectivity index (χ2v) is 8.40. The lowest BCUT2D eigenvalue weighted by molar-refractivity contribution is -0.138. The van der Waals surface area contributed by atoms with Crippen molar-refractivity contribution in [2.45, 2.75) is 24.5 Å². The fourth-order valence-corrected chi connectivity index (χ4v) is 4.54. The lowest BCUT2D eigenvalue weighted by Crippen LogP contribution is -2.34. The Bertz CT molecular complexity index is 1020. The summed E-state index contributed by atoms with van der Waals surface area (Å²) in [6, 6.07) is 25.2. The van der Waals surface area contributed by atoms with Crippen LogP contribution in [0.4, 0.5) is 0 Å². The third kappa shape index (κ3) is 5.18. The Balaban J connectivity index is 1.59. The molecular formula is C27H32N2O3. The molecule has 0 aliphatic carbocycles. The van der Waals surface area contributed by atoms with Crippen LogP contribution in [0, 0.1) is 0 Å². The van der Waals surface area contributed by atoms with Crippen molar-refractivity contribution >= 4 is 16.7 Å². The number of carbonyl (C=O) groups is 1. The summed E-state index contributed by atoms with van der Waals surface area (Å²) in [6.45, 7) is 2.16. The van der Waals surface area contributed by atoms with Crippen molar-refractivity contribution in [2.24, 2.45) is 0 Å². The Labute approximate surface area is 190 Å². The van der Waals surface area contributed by atoms with E-state index >= 15 is 0 Å². The van der Waals surface area contributed by atoms with Gasteiger partial charge < -0.3 is 19.7 Å². The molecule has 168 valence electrons. The minimum atomic E-state index is -0.241. The number of carbonyl (C=O) groups excluding carboxylic acids is 1. The molecule has 0 aromatic heterocycles. The summed E-state index contributed by atoms with van der Waals surface area (Å²) < 4.78 is 11.8. The lowest BCUT2D eigenvalue weighted by Gasteiger charge is -2.29. The maximum Gasteiger partial charge on any atom is 0.248 e. The van der Waals surface area contributed by atoms with Gasteiger partial charge in [-0.3, -0.25) is 4.79 Å². The Kier molecular flexibility index (Phi) is 7.53. The van der Waals surface area contributed by atoms with E-state index in [2.05, 4.69) is 59.9 Å². The minimum absolute atomic E-state index is 0.0206. The molecule has 1 N–H and O–H groups in total. The number of methoxy groups -OCH3 is 1. The maximum atomic E-state index is 12.9. The number of nitrogens with zero attached hydrogens (tertiary/aromatic N) is 1. The van der Waals surface area contributed by atoms with E-state index in [0.717, 1.165) is 25.1 Å². The van der Waals surface area contributed by atoms with Gasteiger partial charge in [0.2, 0.25) is 5.91 Å². The molecule has 3 atom stereocenters. The molecule has 0 radical (unpaired) electrons. The zero-order valence-corrected chi connectivity index (χ0v) is 18.9. The normalized spacial score (nSPS) is 18.1. The highest BCUT2D eigenvalue weighted by Gasteiger charge is 2.29. The number of amides is 1. The van der Waals surface area contributed by atoms with Crippen LogP contribution in [0.5, 0.6) is 0 Å². The summed E-state index contributed by atoms with van der Waals surface area (Å²) >= 11 is 0. The number of nitrogens with one attached hydrogen (secondary N) is 1. The predicted molar refractivity (Wildman–Crippen MR) is 128 cm³/mol. The van der Waals surface area contributed by atoms with Crippen LogP contribution in [0.2, 0.25) is 0 Å². The molecule has 3 aromatic carbocycles. The van der Waals surface area contributed by atoms with Crippen molar-refractivity contribution in [2.75, 3.05) is 40.4 Å². The van der Waals surface area contributed by atoms with Gasteiger partial charge in [0.1, 0.15) is 6.61 Å². The number of fused-ring (bicyclic) bond motifs is 1. The summed E-state index contributed by atoms with van der Waals surface area (Å²) in [5.41, 5.74) is 2.27. The number of likely N-dealkylation sites (N-methyl/N-ethyl adjacent to an activating group) is 1. The van der Waals surface area contributed by atoms with Gasteiger partial charge in [0, 0.05) is 32.7 Å². The number of hydrogen-bond acceptors (Lipinski definition) is 4. The van der Waals surface area contributed by atoms with Crippen LogP contribution in [-0.2, 0) is 14.3 Å². The zero-order chi connectivity index (χ0) is 22.3. The fraction of sp³-hybridized carbons (Fsp3) is 0.370. The standard InChI is InChI=1S/C27H32N2O3/c1-28-17-25(23-13-12-20-8-6-7-11-22(20)16-23)27(21-9-4-3-5-10-21)32-19-26(30)29-15-14-24(18-29)31-2/h3-13,16,24-25,27-28H,14-15,17-19H2,1-2H3/t24?,25-,27-/m1/s1. The Hall–Kier alpha value is -2.73. The largest absolute Gasteiger partial charge is 0.380 e. The van der Waals surface area contributed by atoms with Gasteiger partial charge in [-0.2, -0.15) is 0 Å². The number of likely N-dealkylation sites (tertiary alicyclic amines) is 1. The van der Waals surface area contributed by atoms with Gasteiger partial charge in [-0.15, -0.1) is 0 Å². The van der Waals surface area contributed by atoms with Crippen molar-refractivity contribution < 1.29 is 14.3 Å². The number of hydrogen-bond donors (Lipinski definition) is 1. The molecule has 4 rings (SSSR count). The van der Waals surface area contributed by atoms with E-state index < -0.39 is 0 Å². The molecule has 1 unspecified atom stereocenters. The average molecular weight is 433 g/mol. The second-order valence-electron chi connectivity index (χ2n) is 8.40. The van der Waals surface area contributed by atoms with E-state index in [1.807, 2.05) is 30.1 Å². The quantitative estimate of drug-likeness (QED) is 0.552. The molecule has 1 aliphatic rings. The van der Waals surface area contributed by atoms with Gasteiger partial charge >= 0.3 is 0 Å². The van der Waals surface area contributed by atoms with Crippen LogP contribution in [-0.4, -0.2) is 57.3 Å². The highest BCUT2D eigenvalue weighted by Crippen LogP contribution is 2.35. The van der Waals surface area contributed by atoms with E-state index in [9.17, 15) is 4.79 Å². The van der Waals surface area contributed by atoms with Gasteiger partial charge in [-0.05, 0) is 35.4 Å². The Morgan fingerprint density at radius 3 is 2.50 bits per heavy atom. The molecule has 1 saturated heterocycles. The van der Waals surface area contributed by atoms with E-state index in [4.69, 9.17) is 9.47 Å². The molecule has 1 amide bonds. The minimum Gasteiger partial charge on any atom is -0.380 e. The van der Waals surface area contributed by atoms with Gasteiger partial charge in [-0.25, -0.2) is 0 Å². The van der Waals surface area contributed by atoms with Crippen molar-refractivity contribution in [1.29, 1.82) is 0 Å². The van der Waals surface area contributed by atoms with Crippen LogP contribution in [0.1, 0.15) is 29.6 Å². The number of benzene rings is 3. The first kappa shape index (κ1) is 22.5. The molecule has 1 fully saturated rings. The Morgan fingerprint density at radius 1 is 1.03 bits per heavy atom. The zero-order valence-electron chi connectivity index (χ0n) is 18.9. The van der Waals surface area contributed by atoms with E-state index in [1.54, 1.807) is 7.11 Å². The third-order valence-electron chi connectivity index (χ3n) is 6.34. The predicted octanol–water partition coefficient (Wildman–Crippen LogP) is 4.15. The fourth-order valence-electron chi connectivity index (χ4n) is 4.54. The van der Waals surface area contributed by atoms with Gasteiger partial charge in [0.15, 0.2) is 0 Å². The van der Waals surface area contributed by atoms with Gasteiger partial charge in [0.05, 0.1) is 12.2 Å². The molecule has 1 aliphatic heterocycles. The van der Waals surface area contributed by atoms with Crippen molar-refractivity contribution in [1.82, 2.24) is 10.2 Å². The van der Waals surface area contributed by atoms with Crippen molar-refractivity contribution in [3.05, 3.63) is 83.9 Å².